The Kier molecular flexibility index (Phi) is 5.97. The summed E-state index contributed by atoms with van der Waals surface area (Å²) in [6.07, 6.45) is 1.77. The Balaban J connectivity index is 1.44. The predicted molar refractivity (Wildman–Crippen MR) is 116 cm³/mol. The van der Waals surface area contributed by atoms with Gasteiger partial charge in [-0.1, -0.05) is 24.3 Å². The summed E-state index contributed by atoms with van der Waals surface area (Å²) in [5.74, 6) is 1.95. The molecule has 1 fully saturated rings. The van der Waals surface area contributed by atoms with Crippen LogP contribution >= 0.6 is 0 Å². The Morgan fingerprint density at radius 2 is 1.80 bits per heavy atom. The Hall–Kier alpha value is -3.35. The average molecular weight is 406 g/mol. The summed E-state index contributed by atoms with van der Waals surface area (Å²) in [4.78, 5) is 24.3. The molecule has 0 unspecified atom stereocenters. The van der Waals surface area contributed by atoms with Crippen LogP contribution in [-0.4, -0.2) is 43.2 Å². The summed E-state index contributed by atoms with van der Waals surface area (Å²) in [5, 5.41) is 3.06. The van der Waals surface area contributed by atoms with Gasteiger partial charge in [0, 0.05) is 19.6 Å². The van der Waals surface area contributed by atoms with E-state index >= 15 is 0 Å². The minimum atomic E-state index is -0.102. The van der Waals surface area contributed by atoms with E-state index in [0.717, 1.165) is 41.7 Å². The molecule has 4 rings (SSSR count). The number of methoxy groups -OCH3 is 2. The van der Waals surface area contributed by atoms with Crippen molar-refractivity contribution in [2.75, 3.05) is 32.2 Å². The van der Waals surface area contributed by atoms with Gasteiger partial charge in [0.1, 0.15) is 5.75 Å². The average Bonchev–Trinajstić information content (AvgIpc) is 2.82. The van der Waals surface area contributed by atoms with E-state index in [2.05, 4.69) is 15.2 Å². The Morgan fingerprint density at radius 3 is 2.50 bits per heavy atom. The molecule has 7 heteroatoms. The summed E-state index contributed by atoms with van der Waals surface area (Å²) in [5.41, 5.74) is 2.65. The van der Waals surface area contributed by atoms with Crippen LogP contribution in [0.15, 0.2) is 48.5 Å². The molecule has 1 aliphatic heterocycles. The van der Waals surface area contributed by atoms with Gasteiger partial charge < -0.3 is 19.7 Å². The van der Waals surface area contributed by atoms with E-state index in [1.54, 1.807) is 14.2 Å². The molecular weight excluding hydrogens is 380 g/mol. The first-order valence-electron chi connectivity index (χ1n) is 10.1. The van der Waals surface area contributed by atoms with E-state index < -0.39 is 0 Å². The summed E-state index contributed by atoms with van der Waals surface area (Å²) in [7, 11) is 3.24. The highest BCUT2D eigenvalue weighted by molar-refractivity contribution is 5.80. The minimum Gasteiger partial charge on any atom is -0.497 e. The molecule has 1 aliphatic rings. The highest BCUT2D eigenvalue weighted by Crippen LogP contribution is 2.30. The van der Waals surface area contributed by atoms with Crippen molar-refractivity contribution in [2.45, 2.75) is 19.4 Å². The molecule has 2 heterocycles. The van der Waals surface area contributed by atoms with Gasteiger partial charge in [0.15, 0.2) is 5.82 Å². The maximum Gasteiger partial charge on any atom is 0.257 e. The molecule has 0 saturated carbocycles. The molecule has 156 valence electrons. The number of piperidine rings is 1. The molecule has 1 N–H and O–H groups in total. The Bertz CT molecular complexity index is 1020. The van der Waals surface area contributed by atoms with Crippen molar-refractivity contribution < 1.29 is 14.3 Å². The number of hydrogen-bond acceptors (Lipinski definition) is 6. The van der Waals surface area contributed by atoms with Crippen LogP contribution in [0.1, 0.15) is 18.4 Å². The number of hydrogen-bond donors (Lipinski definition) is 1. The number of fused-ring (bicyclic) bond motifs is 1. The number of nitrogens with one attached hydrogen (secondary N) is 1. The topological polar surface area (TPSA) is 76.6 Å². The molecule has 0 aliphatic carbocycles. The number of ether oxygens (including phenoxy) is 2. The molecule has 0 bridgehead atoms. The molecule has 0 radical (unpaired) electrons. The number of benzene rings is 2. The summed E-state index contributed by atoms with van der Waals surface area (Å²) in [6.45, 7) is 1.92. The Morgan fingerprint density at radius 1 is 1.07 bits per heavy atom. The number of rotatable bonds is 6. The Labute approximate surface area is 176 Å². The van der Waals surface area contributed by atoms with Crippen LogP contribution in [0.3, 0.4) is 0 Å². The molecule has 1 atom stereocenters. The molecule has 30 heavy (non-hydrogen) atoms. The summed E-state index contributed by atoms with van der Waals surface area (Å²) in [6, 6.07) is 15.4. The summed E-state index contributed by atoms with van der Waals surface area (Å²) < 4.78 is 10.7. The highest BCUT2D eigenvalue weighted by Gasteiger charge is 2.28. The predicted octanol–water partition coefficient (Wildman–Crippen LogP) is 3.18. The zero-order valence-corrected chi connectivity index (χ0v) is 17.3. The molecule has 0 spiro atoms. The number of aromatic nitrogens is 2. The number of nitrogens with zero attached hydrogens (tertiary/aromatic N) is 3. The first kappa shape index (κ1) is 19.9. The van der Waals surface area contributed by atoms with E-state index in [1.807, 2.05) is 48.5 Å². The minimum absolute atomic E-state index is 0.0585. The number of amides is 1. The zero-order chi connectivity index (χ0) is 20.9. The maximum absolute atomic E-state index is 12.8. The lowest BCUT2D eigenvalue weighted by atomic mass is 9.97. The second kappa shape index (κ2) is 8.98. The van der Waals surface area contributed by atoms with Gasteiger partial charge in [-0.2, -0.15) is 0 Å². The lowest BCUT2D eigenvalue weighted by Crippen LogP contribution is -2.43. The van der Waals surface area contributed by atoms with Gasteiger partial charge in [-0.25, -0.2) is 9.97 Å². The van der Waals surface area contributed by atoms with Gasteiger partial charge in [0.05, 0.1) is 31.2 Å². The van der Waals surface area contributed by atoms with Crippen LogP contribution in [0.2, 0.25) is 0 Å². The van der Waals surface area contributed by atoms with Crippen LogP contribution in [-0.2, 0) is 11.3 Å². The second-order valence-electron chi connectivity index (χ2n) is 7.40. The fourth-order valence-corrected chi connectivity index (χ4v) is 3.78. The molecule has 1 saturated heterocycles. The van der Waals surface area contributed by atoms with Crippen molar-refractivity contribution in [3.8, 4) is 11.6 Å². The van der Waals surface area contributed by atoms with Gasteiger partial charge in [-0.3, -0.25) is 4.79 Å². The maximum atomic E-state index is 12.8. The van der Waals surface area contributed by atoms with Gasteiger partial charge in [-0.15, -0.1) is 0 Å². The van der Waals surface area contributed by atoms with Crippen molar-refractivity contribution in [1.29, 1.82) is 0 Å². The summed E-state index contributed by atoms with van der Waals surface area (Å²) >= 11 is 0. The fraction of sp³-hybridized carbons (Fsp3) is 0.348. The van der Waals surface area contributed by atoms with Crippen molar-refractivity contribution in [3.05, 3.63) is 54.1 Å². The fourth-order valence-electron chi connectivity index (χ4n) is 3.78. The molecule has 2 aromatic carbocycles. The third kappa shape index (κ3) is 4.30. The van der Waals surface area contributed by atoms with Crippen molar-refractivity contribution >= 4 is 22.8 Å². The first-order chi connectivity index (χ1) is 14.7. The number of carbonyl (C=O) groups excluding carboxylic acids is 1. The van der Waals surface area contributed by atoms with Crippen molar-refractivity contribution in [3.63, 3.8) is 0 Å². The highest BCUT2D eigenvalue weighted by atomic mass is 16.5. The van der Waals surface area contributed by atoms with Crippen LogP contribution in [0.4, 0.5) is 5.82 Å². The number of para-hydroxylation sites is 2. The van der Waals surface area contributed by atoms with E-state index in [1.165, 1.54) is 0 Å². The lowest BCUT2D eigenvalue weighted by Gasteiger charge is -2.33. The number of carbonyl (C=O) groups is 1. The van der Waals surface area contributed by atoms with Gasteiger partial charge in [-0.05, 0) is 42.7 Å². The first-order valence-corrected chi connectivity index (χ1v) is 10.1. The molecule has 3 aromatic rings. The lowest BCUT2D eigenvalue weighted by molar-refractivity contribution is -0.125. The number of anilines is 1. The second-order valence-corrected chi connectivity index (χ2v) is 7.40. The zero-order valence-electron chi connectivity index (χ0n) is 17.3. The van der Waals surface area contributed by atoms with E-state index in [-0.39, 0.29) is 11.8 Å². The van der Waals surface area contributed by atoms with Gasteiger partial charge in [0.2, 0.25) is 5.91 Å². The standard InChI is InChI=1S/C23H26N4O3/c1-29-18-11-9-16(10-12-18)14-24-22(28)17-6-5-13-27(15-17)21-23(30-2)26-20-8-4-3-7-19(20)25-21/h3-4,7-12,17H,5-6,13-15H2,1-2H3,(H,24,28)/t17-/m0/s1. The van der Waals surface area contributed by atoms with Crippen molar-refractivity contribution in [1.82, 2.24) is 15.3 Å². The van der Waals surface area contributed by atoms with E-state index in [0.29, 0.717) is 24.8 Å². The third-order valence-electron chi connectivity index (χ3n) is 5.43. The van der Waals surface area contributed by atoms with Crippen molar-refractivity contribution in [2.24, 2.45) is 5.92 Å². The molecule has 1 amide bonds. The largest absolute Gasteiger partial charge is 0.497 e. The van der Waals surface area contributed by atoms with Crippen LogP contribution < -0.4 is 19.7 Å². The van der Waals surface area contributed by atoms with Crippen LogP contribution in [0.25, 0.3) is 11.0 Å². The van der Waals surface area contributed by atoms with Crippen LogP contribution in [0, 0.1) is 5.92 Å². The molecular formula is C23H26N4O3. The van der Waals surface area contributed by atoms with E-state index in [9.17, 15) is 4.79 Å². The third-order valence-corrected chi connectivity index (χ3v) is 5.43. The van der Waals surface area contributed by atoms with Gasteiger partial charge >= 0.3 is 0 Å². The van der Waals surface area contributed by atoms with Crippen LogP contribution in [0.5, 0.6) is 11.6 Å². The smallest absolute Gasteiger partial charge is 0.257 e. The molecule has 1 aromatic heterocycles. The monoisotopic (exact) mass is 406 g/mol. The van der Waals surface area contributed by atoms with Gasteiger partial charge in [0.25, 0.3) is 5.88 Å². The van der Waals surface area contributed by atoms with E-state index in [4.69, 9.17) is 14.5 Å². The normalized spacial score (nSPS) is 16.3. The molecule has 7 nitrogen and oxygen atoms in total. The SMILES string of the molecule is COc1ccc(CNC(=O)[C@H]2CCCN(c3nc4ccccc4nc3OC)C2)cc1. The quantitative estimate of drug-likeness (QED) is 0.678.